The maximum absolute atomic E-state index is 12.3. The molecule has 0 spiro atoms. The van der Waals surface area contributed by atoms with Gasteiger partial charge in [-0.2, -0.15) is 8.42 Å². The molecule has 1 aliphatic rings. The quantitative estimate of drug-likeness (QED) is 0.921. The molecule has 0 atom stereocenters. The normalized spacial score (nSPS) is 15.2. The van der Waals surface area contributed by atoms with Crippen LogP contribution in [-0.2, 0) is 21.9 Å². The van der Waals surface area contributed by atoms with Crippen LogP contribution in [0.3, 0.4) is 0 Å². The number of sulfonamides is 1. The van der Waals surface area contributed by atoms with Crippen LogP contribution in [0.2, 0.25) is 0 Å². The largest absolute Gasteiger partial charge is 0.339 e. The Morgan fingerprint density at radius 2 is 2.09 bits per heavy atom. The van der Waals surface area contributed by atoms with E-state index in [1.165, 1.54) is 12.5 Å². The second-order valence-electron chi connectivity index (χ2n) is 5.63. The Labute approximate surface area is 135 Å². The molecule has 1 amide bonds. The molecule has 1 aliphatic heterocycles. The van der Waals surface area contributed by atoms with Crippen LogP contribution in [0.25, 0.3) is 0 Å². The fourth-order valence-corrected chi connectivity index (χ4v) is 3.63. The van der Waals surface area contributed by atoms with Crippen LogP contribution in [0.4, 0.5) is 11.4 Å². The van der Waals surface area contributed by atoms with Gasteiger partial charge in [-0.25, -0.2) is 4.98 Å². The van der Waals surface area contributed by atoms with Gasteiger partial charge in [-0.15, -0.1) is 0 Å². The summed E-state index contributed by atoms with van der Waals surface area (Å²) in [6.07, 6.45) is 4.21. The summed E-state index contributed by atoms with van der Waals surface area (Å²) in [6.45, 7) is 2.56. The molecule has 122 valence electrons. The highest BCUT2D eigenvalue weighted by Crippen LogP contribution is 2.29. The van der Waals surface area contributed by atoms with Crippen molar-refractivity contribution in [3.63, 3.8) is 0 Å². The maximum atomic E-state index is 12.3. The van der Waals surface area contributed by atoms with Crippen molar-refractivity contribution >= 4 is 27.3 Å². The van der Waals surface area contributed by atoms with Crippen molar-refractivity contribution in [1.29, 1.82) is 0 Å². The molecule has 7 nitrogen and oxygen atoms in total. The minimum atomic E-state index is -3.74. The zero-order chi connectivity index (χ0) is 16.6. The molecular weight excluding hydrogens is 316 g/mol. The van der Waals surface area contributed by atoms with Crippen molar-refractivity contribution in [2.75, 3.05) is 16.2 Å². The lowest BCUT2D eigenvalue weighted by Crippen LogP contribution is -2.24. The third kappa shape index (κ3) is 3.07. The number of carbonyl (C=O) groups is 1. The first-order chi connectivity index (χ1) is 10.9. The molecule has 0 unspecified atom stereocenters. The molecule has 0 radical (unpaired) electrons. The molecule has 1 saturated heterocycles. The summed E-state index contributed by atoms with van der Waals surface area (Å²) in [6, 6.07) is 5.18. The smallest absolute Gasteiger partial charge is 0.280 e. The Balaban J connectivity index is 1.91. The first kappa shape index (κ1) is 15.5. The van der Waals surface area contributed by atoms with E-state index in [4.69, 9.17) is 0 Å². The second-order valence-corrected chi connectivity index (χ2v) is 7.26. The highest BCUT2D eigenvalue weighted by molar-refractivity contribution is 7.92. The summed E-state index contributed by atoms with van der Waals surface area (Å²) < 4.78 is 28.7. The summed E-state index contributed by atoms with van der Waals surface area (Å²) >= 11 is 0. The van der Waals surface area contributed by atoms with Gasteiger partial charge in [0.1, 0.15) is 0 Å². The zero-order valence-corrected chi connectivity index (χ0v) is 13.8. The van der Waals surface area contributed by atoms with Crippen LogP contribution in [0, 0.1) is 6.92 Å². The van der Waals surface area contributed by atoms with E-state index < -0.39 is 10.0 Å². The highest BCUT2D eigenvalue weighted by Gasteiger charge is 2.24. The SMILES string of the molecule is Cc1ccc(NS(=O)(=O)c2cn(C)cn2)cc1N1CCCC1=O. The predicted octanol–water partition coefficient (Wildman–Crippen LogP) is 1.66. The third-order valence-electron chi connectivity index (χ3n) is 3.78. The molecular formula is C15H18N4O3S. The van der Waals surface area contributed by atoms with Crippen LogP contribution in [0.1, 0.15) is 18.4 Å². The first-order valence-electron chi connectivity index (χ1n) is 7.28. The molecule has 0 saturated carbocycles. The summed E-state index contributed by atoms with van der Waals surface area (Å²) in [5.41, 5.74) is 2.09. The summed E-state index contributed by atoms with van der Waals surface area (Å²) in [7, 11) is -2.04. The highest BCUT2D eigenvalue weighted by atomic mass is 32.2. The monoisotopic (exact) mass is 334 g/mol. The van der Waals surface area contributed by atoms with Crippen molar-refractivity contribution in [2.24, 2.45) is 7.05 Å². The number of benzene rings is 1. The lowest BCUT2D eigenvalue weighted by molar-refractivity contribution is -0.117. The van der Waals surface area contributed by atoms with E-state index in [1.54, 1.807) is 34.7 Å². The maximum Gasteiger partial charge on any atom is 0.280 e. The van der Waals surface area contributed by atoms with Gasteiger partial charge in [0.25, 0.3) is 10.0 Å². The molecule has 23 heavy (non-hydrogen) atoms. The predicted molar refractivity (Wildman–Crippen MR) is 86.8 cm³/mol. The van der Waals surface area contributed by atoms with E-state index in [-0.39, 0.29) is 10.9 Å². The summed E-state index contributed by atoms with van der Waals surface area (Å²) in [5.74, 6) is 0.0674. The second kappa shape index (κ2) is 5.69. The Kier molecular flexibility index (Phi) is 3.85. The lowest BCUT2D eigenvalue weighted by Gasteiger charge is -2.19. The van der Waals surface area contributed by atoms with Crippen LogP contribution in [0.15, 0.2) is 35.7 Å². The number of aryl methyl sites for hydroxylation is 2. The minimum Gasteiger partial charge on any atom is -0.339 e. The number of aromatic nitrogens is 2. The van der Waals surface area contributed by atoms with Crippen LogP contribution in [0.5, 0.6) is 0 Å². The van der Waals surface area contributed by atoms with Gasteiger partial charge in [-0.3, -0.25) is 9.52 Å². The Morgan fingerprint density at radius 3 is 2.70 bits per heavy atom. The molecule has 1 aromatic heterocycles. The Hall–Kier alpha value is -2.35. The fraction of sp³-hybridized carbons (Fsp3) is 0.333. The van der Waals surface area contributed by atoms with Crippen LogP contribution < -0.4 is 9.62 Å². The number of hydrogen-bond donors (Lipinski definition) is 1. The third-order valence-corrected chi connectivity index (χ3v) is 5.05. The average molecular weight is 334 g/mol. The lowest BCUT2D eigenvalue weighted by atomic mass is 10.1. The molecule has 0 aliphatic carbocycles. The number of nitrogens with zero attached hydrogens (tertiary/aromatic N) is 3. The van der Waals surface area contributed by atoms with Crippen molar-refractivity contribution in [3.05, 3.63) is 36.3 Å². The molecule has 2 heterocycles. The first-order valence-corrected chi connectivity index (χ1v) is 8.77. The standard InChI is InChI=1S/C15H18N4O3S/c1-11-5-6-12(8-13(11)19-7-3-4-15(19)20)17-23(21,22)14-9-18(2)10-16-14/h5-6,8-10,17H,3-4,7H2,1-2H3. The van der Waals surface area contributed by atoms with Gasteiger partial charge in [-0.05, 0) is 31.0 Å². The van der Waals surface area contributed by atoms with Gasteiger partial charge < -0.3 is 9.47 Å². The summed E-state index contributed by atoms with van der Waals surface area (Å²) in [4.78, 5) is 17.5. The van der Waals surface area contributed by atoms with Crippen molar-refractivity contribution in [2.45, 2.75) is 24.8 Å². The molecule has 0 bridgehead atoms. The number of nitrogens with one attached hydrogen (secondary N) is 1. The van der Waals surface area contributed by atoms with Crippen LogP contribution >= 0.6 is 0 Å². The van der Waals surface area contributed by atoms with Gasteiger partial charge >= 0.3 is 0 Å². The van der Waals surface area contributed by atoms with E-state index in [2.05, 4.69) is 9.71 Å². The Bertz CT molecular complexity index is 857. The van der Waals surface area contributed by atoms with Gasteiger partial charge in [0, 0.05) is 31.9 Å². The fourth-order valence-electron chi connectivity index (χ4n) is 2.60. The number of amides is 1. The Morgan fingerprint density at radius 1 is 1.30 bits per heavy atom. The minimum absolute atomic E-state index is 0.0422. The molecule has 2 aromatic rings. The van der Waals surface area contributed by atoms with Crippen LogP contribution in [-0.4, -0.2) is 30.4 Å². The number of carbonyl (C=O) groups excluding carboxylic acids is 1. The van der Waals surface area contributed by atoms with Gasteiger partial charge in [0.15, 0.2) is 5.03 Å². The van der Waals surface area contributed by atoms with E-state index in [9.17, 15) is 13.2 Å². The molecule has 1 aromatic carbocycles. The van der Waals surface area contributed by atoms with E-state index in [1.807, 2.05) is 6.92 Å². The number of anilines is 2. The number of rotatable bonds is 4. The molecule has 1 N–H and O–H groups in total. The van der Waals surface area contributed by atoms with Gasteiger partial charge in [0.2, 0.25) is 5.91 Å². The number of imidazole rings is 1. The van der Waals surface area contributed by atoms with E-state index in [0.717, 1.165) is 17.7 Å². The van der Waals surface area contributed by atoms with Crippen molar-refractivity contribution in [3.8, 4) is 0 Å². The van der Waals surface area contributed by atoms with E-state index in [0.29, 0.717) is 18.7 Å². The van der Waals surface area contributed by atoms with Crippen molar-refractivity contribution < 1.29 is 13.2 Å². The van der Waals surface area contributed by atoms with Gasteiger partial charge in [0.05, 0.1) is 12.0 Å². The topological polar surface area (TPSA) is 84.3 Å². The molecule has 3 rings (SSSR count). The zero-order valence-electron chi connectivity index (χ0n) is 13.0. The molecule has 8 heteroatoms. The number of hydrogen-bond acceptors (Lipinski definition) is 4. The van der Waals surface area contributed by atoms with E-state index >= 15 is 0 Å². The van der Waals surface area contributed by atoms with Crippen molar-refractivity contribution in [1.82, 2.24) is 9.55 Å². The summed E-state index contributed by atoms with van der Waals surface area (Å²) in [5, 5.41) is -0.0422. The average Bonchev–Trinajstić information content (AvgIpc) is 3.10. The van der Waals surface area contributed by atoms with Gasteiger partial charge in [-0.1, -0.05) is 6.07 Å². The molecule has 1 fully saturated rings.